The number of aryl methyl sites for hydroxylation is 1. The van der Waals surface area contributed by atoms with E-state index in [4.69, 9.17) is 16.1 Å². The lowest BCUT2D eigenvalue weighted by Gasteiger charge is -2.20. The molecular weight excluding hydrogens is 424 g/mol. The fraction of sp³-hybridized carbons (Fsp3) is 0.143. The van der Waals surface area contributed by atoms with Crippen molar-refractivity contribution in [1.29, 1.82) is 5.41 Å². The van der Waals surface area contributed by atoms with Crippen LogP contribution >= 0.6 is 0 Å². The minimum absolute atomic E-state index is 0.0845. The predicted molar refractivity (Wildman–Crippen MR) is 138 cm³/mol. The number of aliphatic hydroxyl groups is 1. The number of rotatable bonds is 7. The Hall–Kier alpha value is -4.16. The summed E-state index contributed by atoms with van der Waals surface area (Å²) >= 11 is 0. The lowest BCUT2D eigenvalue weighted by molar-refractivity contribution is 0.276. The first-order valence-electron chi connectivity index (χ1n) is 11.0. The molecule has 0 bridgehead atoms. The number of anilines is 2. The number of aliphatic hydroxyl groups excluding tert-OH is 1. The first kappa shape index (κ1) is 23.0. The minimum Gasteiger partial charge on any atom is -0.507 e. The van der Waals surface area contributed by atoms with Crippen molar-refractivity contribution in [3.05, 3.63) is 95.7 Å². The van der Waals surface area contributed by atoms with Crippen LogP contribution in [0.25, 0.3) is 22.4 Å². The summed E-state index contributed by atoms with van der Waals surface area (Å²) in [5, 5.41) is 32.1. The molecule has 0 fully saturated rings. The van der Waals surface area contributed by atoms with Gasteiger partial charge in [-0.25, -0.2) is 0 Å². The number of aromatic hydroxyl groups is 1. The highest BCUT2D eigenvalue weighted by atomic mass is 16.3. The summed E-state index contributed by atoms with van der Waals surface area (Å²) in [5.74, 6) is 0.136. The molecule has 1 unspecified atom stereocenters. The van der Waals surface area contributed by atoms with Gasteiger partial charge in [-0.1, -0.05) is 48.0 Å². The fourth-order valence-corrected chi connectivity index (χ4v) is 3.99. The number of nitrogens with one attached hydrogen (secondary N) is 2. The highest BCUT2D eigenvalue weighted by molar-refractivity contribution is 6.02. The van der Waals surface area contributed by atoms with Crippen molar-refractivity contribution in [3.8, 4) is 28.1 Å². The monoisotopic (exact) mass is 452 g/mol. The van der Waals surface area contributed by atoms with Crippen LogP contribution in [-0.4, -0.2) is 27.5 Å². The summed E-state index contributed by atoms with van der Waals surface area (Å²) in [7, 11) is 0. The van der Waals surface area contributed by atoms with Crippen LogP contribution in [0.15, 0.2) is 79.0 Å². The van der Waals surface area contributed by atoms with E-state index < -0.39 is 0 Å². The van der Waals surface area contributed by atoms with Crippen LogP contribution in [0.2, 0.25) is 0 Å². The van der Waals surface area contributed by atoms with Crippen molar-refractivity contribution in [3.63, 3.8) is 0 Å². The van der Waals surface area contributed by atoms with Crippen molar-refractivity contribution >= 4 is 17.1 Å². The van der Waals surface area contributed by atoms with E-state index in [9.17, 15) is 10.2 Å². The number of hydrogen-bond donors (Lipinski definition) is 5. The van der Waals surface area contributed by atoms with Gasteiger partial charge < -0.3 is 26.7 Å². The van der Waals surface area contributed by atoms with E-state index in [-0.39, 0.29) is 18.4 Å². The number of nitrogen functional groups attached to an aromatic ring is 1. The van der Waals surface area contributed by atoms with E-state index in [1.165, 1.54) is 0 Å². The molecule has 6 nitrogen and oxygen atoms in total. The van der Waals surface area contributed by atoms with Crippen molar-refractivity contribution < 1.29 is 10.2 Å². The SMILES string of the molecule is CC(=N)c1cc(-c2cc(NC(CO)c3ccccc3)cnc2-c2cc(C)ccc2O)ccc1N. The van der Waals surface area contributed by atoms with Crippen molar-refractivity contribution in [2.45, 2.75) is 19.9 Å². The van der Waals surface area contributed by atoms with Gasteiger partial charge in [0.05, 0.1) is 30.2 Å². The van der Waals surface area contributed by atoms with E-state index in [2.05, 4.69) is 5.32 Å². The topological polar surface area (TPSA) is 115 Å². The molecule has 34 heavy (non-hydrogen) atoms. The second kappa shape index (κ2) is 9.77. The summed E-state index contributed by atoms with van der Waals surface area (Å²) in [4.78, 5) is 4.72. The molecule has 1 aromatic heterocycles. The van der Waals surface area contributed by atoms with E-state index in [0.29, 0.717) is 28.2 Å². The first-order valence-corrected chi connectivity index (χ1v) is 11.0. The van der Waals surface area contributed by atoms with E-state index in [1.807, 2.05) is 67.6 Å². The lowest BCUT2D eigenvalue weighted by atomic mass is 9.94. The average Bonchev–Trinajstić information content (AvgIpc) is 2.84. The number of phenolic OH excluding ortho intramolecular Hbond substituents is 1. The minimum atomic E-state index is -0.306. The molecule has 3 aromatic carbocycles. The predicted octanol–water partition coefficient (Wildman–Crippen LogP) is 5.55. The third-order valence-corrected chi connectivity index (χ3v) is 5.79. The van der Waals surface area contributed by atoms with Gasteiger partial charge in [0.2, 0.25) is 0 Å². The largest absolute Gasteiger partial charge is 0.507 e. The van der Waals surface area contributed by atoms with Gasteiger partial charge in [-0.2, -0.15) is 0 Å². The van der Waals surface area contributed by atoms with Crippen LogP contribution in [0.5, 0.6) is 5.75 Å². The molecular formula is C28H28N4O2. The van der Waals surface area contributed by atoms with Crippen molar-refractivity contribution in [1.82, 2.24) is 4.98 Å². The molecule has 0 amide bonds. The third-order valence-electron chi connectivity index (χ3n) is 5.79. The van der Waals surface area contributed by atoms with Gasteiger partial charge in [-0.15, -0.1) is 0 Å². The summed E-state index contributed by atoms with van der Waals surface area (Å²) in [5.41, 5.74) is 13.2. The molecule has 4 rings (SSSR count). The number of hydrogen-bond acceptors (Lipinski definition) is 6. The van der Waals surface area contributed by atoms with Crippen LogP contribution in [0, 0.1) is 12.3 Å². The highest BCUT2D eigenvalue weighted by Crippen LogP contribution is 2.38. The highest BCUT2D eigenvalue weighted by Gasteiger charge is 2.17. The smallest absolute Gasteiger partial charge is 0.125 e. The Balaban J connectivity index is 1.86. The zero-order valence-electron chi connectivity index (χ0n) is 19.2. The molecule has 4 aromatic rings. The average molecular weight is 453 g/mol. The molecule has 0 radical (unpaired) electrons. The number of benzene rings is 3. The maximum atomic E-state index is 10.6. The van der Waals surface area contributed by atoms with Crippen LogP contribution in [0.4, 0.5) is 11.4 Å². The van der Waals surface area contributed by atoms with Crippen LogP contribution in [0.1, 0.15) is 29.7 Å². The Morgan fingerprint density at radius 3 is 2.50 bits per heavy atom. The summed E-state index contributed by atoms with van der Waals surface area (Å²) in [6.45, 7) is 3.58. The molecule has 6 N–H and O–H groups in total. The van der Waals surface area contributed by atoms with Crippen LogP contribution in [0.3, 0.4) is 0 Å². The molecule has 1 atom stereocenters. The van der Waals surface area contributed by atoms with E-state index >= 15 is 0 Å². The van der Waals surface area contributed by atoms with Crippen molar-refractivity contribution in [2.75, 3.05) is 17.7 Å². The standard InChI is InChI=1S/C28H28N4O2/c1-17-8-11-27(34)24(12-17)28-23(20-9-10-25(30)22(13-20)18(2)29)14-21(15-31-28)32-26(16-33)19-6-4-3-5-7-19/h3-15,26,29,32-34H,16,30H2,1-2H3. The second-order valence-electron chi connectivity index (χ2n) is 8.36. The molecule has 0 spiro atoms. The first-order chi connectivity index (χ1) is 16.4. The number of nitrogens with two attached hydrogens (primary N) is 1. The normalized spacial score (nSPS) is 11.7. The molecule has 172 valence electrons. The Labute approximate surface area is 199 Å². The van der Waals surface area contributed by atoms with Crippen LogP contribution in [-0.2, 0) is 0 Å². The zero-order chi connectivity index (χ0) is 24.2. The molecule has 6 heteroatoms. The molecule has 0 aliphatic rings. The maximum Gasteiger partial charge on any atom is 0.125 e. The Bertz CT molecular complexity index is 1340. The number of aromatic nitrogens is 1. The zero-order valence-corrected chi connectivity index (χ0v) is 19.2. The number of nitrogens with zero attached hydrogens (tertiary/aromatic N) is 1. The summed E-state index contributed by atoms with van der Waals surface area (Å²) < 4.78 is 0. The molecule has 0 saturated heterocycles. The maximum absolute atomic E-state index is 10.6. The molecule has 0 aliphatic heterocycles. The lowest BCUT2D eigenvalue weighted by Crippen LogP contribution is -2.15. The van der Waals surface area contributed by atoms with Gasteiger partial charge >= 0.3 is 0 Å². The molecule has 0 saturated carbocycles. The Morgan fingerprint density at radius 2 is 1.79 bits per heavy atom. The van der Waals surface area contributed by atoms with Gasteiger partial charge in [-0.05, 0) is 55.3 Å². The third kappa shape index (κ3) is 4.77. The Morgan fingerprint density at radius 1 is 1.03 bits per heavy atom. The Kier molecular flexibility index (Phi) is 6.61. The summed E-state index contributed by atoms with van der Waals surface area (Å²) in [6.07, 6.45) is 1.70. The van der Waals surface area contributed by atoms with Crippen LogP contribution < -0.4 is 11.1 Å². The van der Waals surface area contributed by atoms with Crippen molar-refractivity contribution in [2.24, 2.45) is 0 Å². The van der Waals surface area contributed by atoms with Gasteiger partial charge in [0.25, 0.3) is 0 Å². The number of pyridine rings is 1. The van der Waals surface area contributed by atoms with E-state index in [0.717, 1.165) is 27.9 Å². The van der Waals surface area contributed by atoms with Gasteiger partial charge in [0.15, 0.2) is 0 Å². The van der Waals surface area contributed by atoms with Gasteiger partial charge in [0, 0.05) is 28.1 Å². The number of phenols is 1. The van der Waals surface area contributed by atoms with Gasteiger partial charge in [-0.3, -0.25) is 4.98 Å². The van der Waals surface area contributed by atoms with E-state index in [1.54, 1.807) is 25.3 Å². The molecule has 0 aliphatic carbocycles. The fourth-order valence-electron chi connectivity index (χ4n) is 3.99. The second-order valence-corrected chi connectivity index (χ2v) is 8.36. The summed E-state index contributed by atoms with van der Waals surface area (Å²) in [6, 6.07) is 22.3. The quantitative estimate of drug-likeness (QED) is 0.186. The van der Waals surface area contributed by atoms with Gasteiger partial charge in [0.1, 0.15) is 5.75 Å². The molecule has 1 heterocycles.